The molecule has 4 atom stereocenters. The maximum Gasteiger partial charge on any atom is 0.250 e. The normalized spacial score (nSPS) is 21.0. The average molecular weight is 479 g/mol. The van der Waals surface area contributed by atoms with Crippen molar-refractivity contribution in [2.75, 3.05) is 13.6 Å². The van der Waals surface area contributed by atoms with E-state index in [1.165, 1.54) is 17.7 Å². The van der Waals surface area contributed by atoms with Crippen molar-refractivity contribution in [1.29, 1.82) is 0 Å². The molecule has 0 radical (unpaired) electrons. The van der Waals surface area contributed by atoms with Gasteiger partial charge in [-0.1, -0.05) is 36.4 Å². The molecular formula is C27H34N4O4. The fraction of sp³-hybridized carbons (Fsp3) is 0.444. The molecule has 186 valence electrons. The molecule has 8 heteroatoms. The molecule has 35 heavy (non-hydrogen) atoms. The molecule has 1 fully saturated rings. The van der Waals surface area contributed by atoms with Crippen LogP contribution in [0.3, 0.4) is 0 Å². The number of aromatic hydroxyl groups is 1. The summed E-state index contributed by atoms with van der Waals surface area (Å²) in [5.41, 5.74) is 2.88. The number of amides is 3. The van der Waals surface area contributed by atoms with E-state index < -0.39 is 18.1 Å². The summed E-state index contributed by atoms with van der Waals surface area (Å²) in [6.45, 7) is 2.14. The minimum Gasteiger partial charge on any atom is -0.508 e. The van der Waals surface area contributed by atoms with Gasteiger partial charge in [0.25, 0.3) is 0 Å². The Morgan fingerprint density at radius 3 is 2.63 bits per heavy atom. The lowest BCUT2D eigenvalue weighted by Crippen LogP contribution is -2.52. The number of nitrogens with one attached hydrogen (secondary N) is 3. The van der Waals surface area contributed by atoms with E-state index in [1.807, 2.05) is 12.1 Å². The maximum absolute atomic E-state index is 13.7. The molecule has 1 heterocycles. The minimum atomic E-state index is -1.01. The van der Waals surface area contributed by atoms with Gasteiger partial charge in [-0.2, -0.15) is 0 Å². The molecule has 2 aromatic carbocycles. The van der Waals surface area contributed by atoms with Crippen LogP contribution in [0, 0.1) is 0 Å². The van der Waals surface area contributed by atoms with Gasteiger partial charge in [0, 0.05) is 6.54 Å². The summed E-state index contributed by atoms with van der Waals surface area (Å²) in [6.07, 6.45) is 4.16. The first kappa shape index (κ1) is 24.7. The van der Waals surface area contributed by atoms with E-state index in [0.29, 0.717) is 24.9 Å². The van der Waals surface area contributed by atoms with Gasteiger partial charge in [-0.15, -0.1) is 0 Å². The number of likely N-dealkylation sites (N-methyl/N-ethyl adjacent to an activating group) is 1. The number of aryl methyl sites for hydroxylation is 1. The van der Waals surface area contributed by atoms with Crippen molar-refractivity contribution in [2.45, 2.75) is 63.2 Å². The van der Waals surface area contributed by atoms with Crippen LogP contribution in [-0.4, -0.2) is 53.4 Å². The monoisotopic (exact) mass is 478 g/mol. The zero-order valence-corrected chi connectivity index (χ0v) is 20.3. The number of nitrogens with zero attached hydrogens (tertiary/aromatic N) is 1. The van der Waals surface area contributed by atoms with Gasteiger partial charge in [-0.3, -0.25) is 14.4 Å². The Bertz CT molecular complexity index is 1090. The number of carbonyl (C=O) groups is 3. The molecule has 0 aromatic heterocycles. The number of likely N-dealkylation sites (tertiary alicyclic amines) is 1. The zero-order valence-electron chi connectivity index (χ0n) is 20.3. The van der Waals surface area contributed by atoms with E-state index in [-0.39, 0.29) is 29.5 Å². The van der Waals surface area contributed by atoms with Crippen LogP contribution < -0.4 is 16.0 Å². The van der Waals surface area contributed by atoms with Gasteiger partial charge in [0.2, 0.25) is 17.7 Å². The quantitative estimate of drug-likeness (QED) is 0.488. The van der Waals surface area contributed by atoms with Gasteiger partial charge < -0.3 is 26.0 Å². The zero-order chi connectivity index (χ0) is 24.9. The van der Waals surface area contributed by atoms with E-state index >= 15 is 0 Å². The van der Waals surface area contributed by atoms with Gasteiger partial charge in [0.15, 0.2) is 0 Å². The summed E-state index contributed by atoms with van der Waals surface area (Å²) < 4.78 is 0. The molecule has 4 rings (SSSR count). The predicted molar refractivity (Wildman–Crippen MR) is 133 cm³/mol. The molecule has 0 bridgehead atoms. The van der Waals surface area contributed by atoms with Gasteiger partial charge in [-0.05, 0) is 74.9 Å². The highest BCUT2D eigenvalue weighted by molar-refractivity contribution is 5.94. The van der Waals surface area contributed by atoms with Crippen LogP contribution >= 0.6 is 0 Å². The minimum absolute atomic E-state index is 0.00268. The summed E-state index contributed by atoms with van der Waals surface area (Å²) in [5, 5.41) is 18.9. The fourth-order valence-corrected chi connectivity index (χ4v) is 5.03. The molecule has 3 amide bonds. The largest absolute Gasteiger partial charge is 0.508 e. The van der Waals surface area contributed by atoms with Crippen molar-refractivity contribution in [3.8, 4) is 5.75 Å². The third kappa shape index (κ3) is 5.48. The second-order valence-electron chi connectivity index (χ2n) is 9.39. The van der Waals surface area contributed by atoms with Crippen molar-refractivity contribution >= 4 is 17.7 Å². The Hall–Kier alpha value is -3.39. The third-order valence-electron chi connectivity index (χ3n) is 7.09. The fourth-order valence-electron chi connectivity index (χ4n) is 5.03. The van der Waals surface area contributed by atoms with Crippen LogP contribution in [0.1, 0.15) is 61.4 Å². The number of rotatable bonds is 7. The highest BCUT2D eigenvalue weighted by Crippen LogP contribution is 2.31. The second kappa shape index (κ2) is 10.9. The summed E-state index contributed by atoms with van der Waals surface area (Å²) >= 11 is 0. The molecule has 1 aliphatic heterocycles. The molecule has 4 N–H and O–H groups in total. The van der Waals surface area contributed by atoms with E-state index in [2.05, 4.69) is 28.1 Å². The smallest absolute Gasteiger partial charge is 0.250 e. The van der Waals surface area contributed by atoms with Crippen molar-refractivity contribution in [3.63, 3.8) is 0 Å². The summed E-state index contributed by atoms with van der Waals surface area (Å²) in [6, 6.07) is 12.3. The van der Waals surface area contributed by atoms with Crippen molar-refractivity contribution in [2.24, 2.45) is 0 Å². The van der Waals surface area contributed by atoms with Gasteiger partial charge in [-0.25, -0.2) is 0 Å². The molecule has 0 spiro atoms. The first-order valence-corrected chi connectivity index (χ1v) is 12.3. The van der Waals surface area contributed by atoms with E-state index in [1.54, 1.807) is 31.0 Å². The predicted octanol–water partition coefficient (Wildman–Crippen LogP) is 2.34. The van der Waals surface area contributed by atoms with Crippen LogP contribution in [0.25, 0.3) is 0 Å². The van der Waals surface area contributed by atoms with E-state index in [0.717, 1.165) is 24.8 Å². The van der Waals surface area contributed by atoms with Gasteiger partial charge in [0.05, 0.1) is 12.1 Å². The van der Waals surface area contributed by atoms with Crippen molar-refractivity contribution < 1.29 is 19.5 Å². The standard InChI is InChI=1S/C27H34N4O4/c1-17(28-2)25(33)30-24(19-10-5-11-20(32)16-19)27(35)31-15-7-14-23(31)26(34)29-22-13-6-9-18-8-3-4-12-21(18)22/h3-5,8,10-12,16-17,22-24,28,32H,6-7,9,13-15H2,1-2H3,(H,29,34)(H,30,33)/t17?,22?,23-,24-/m0/s1. The SMILES string of the molecule is CNC(C)C(=O)N[C@H](C(=O)N1CCC[C@H]1C(=O)NC1CCCc2ccccc21)c1cccc(O)c1. The molecule has 1 aliphatic carbocycles. The van der Waals surface area contributed by atoms with Crippen LogP contribution in [0.5, 0.6) is 5.75 Å². The number of carbonyl (C=O) groups excluding carboxylic acids is 3. The van der Waals surface area contributed by atoms with Crippen molar-refractivity contribution in [3.05, 3.63) is 65.2 Å². The maximum atomic E-state index is 13.7. The summed E-state index contributed by atoms with van der Waals surface area (Å²) in [5.74, 6) is -0.854. The molecule has 2 aromatic rings. The summed E-state index contributed by atoms with van der Waals surface area (Å²) in [4.78, 5) is 41.4. The average Bonchev–Trinajstić information content (AvgIpc) is 3.37. The molecule has 1 saturated heterocycles. The molecule has 8 nitrogen and oxygen atoms in total. The van der Waals surface area contributed by atoms with Crippen molar-refractivity contribution in [1.82, 2.24) is 20.9 Å². The summed E-state index contributed by atoms with van der Waals surface area (Å²) in [7, 11) is 1.67. The second-order valence-corrected chi connectivity index (χ2v) is 9.39. The lowest BCUT2D eigenvalue weighted by Gasteiger charge is -2.32. The Labute approximate surface area is 206 Å². The highest BCUT2D eigenvalue weighted by Gasteiger charge is 2.39. The molecule has 0 saturated carbocycles. The Kier molecular flexibility index (Phi) is 7.70. The van der Waals surface area contributed by atoms with Crippen LogP contribution in [0.4, 0.5) is 0 Å². The molecule has 2 unspecified atom stereocenters. The van der Waals surface area contributed by atoms with Crippen LogP contribution in [-0.2, 0) is 20.8 Å². The Balaban J connectivity index is 1.54. The van der Waals surface area contributed by atoms with E-state index in [4.69, 9.17) is 0 Å². The number of benzene rings is 2. The lowest BCUT2D eigenvalue weighted by molar-refractivity contribution is -0.142. The Morgan fingerprint density at radius 1 is 1.06 bits per heavy atom. The Morgan fingerprint density at radius 2 is 1.86 bits per heavy atom. The van der Waals surface area contributed by atoms with Crippen LogP contribution in [0.15, 0.2) is 48.5 Å². The first-order chi connectivity index (χ1) is 16.9. The van der Waals surface area contributed by atoms with E-state index in [9.17, 15) is 19.5 Å². The first-order valence-electron chi connectivity index (χ1n) is 12.3. The van der Waals surface area contributed by atoms with Gasteiger partial charge in [0.1, 0.15) is 17.8 Å². The third-order valence-corrected chi connectivity index (χ3v) is 7.09. The van der Waals surface area contributed by atoms with Crippen LogP contribution in [0.2, 0.25) is 0 Å². The number of fused-ring (bicyclic) bond motifs is 1. The number of phenolic OH excluding ortho intramolecular Hbond substituents is 1. The molecular weight excluding hydrogens is 444 g/mol. The van der Waals surface area contributed by atoms with Gasteiger partial charge >= 0.3 is 0 Å². The highest BCUT2D eigenvalue weighted by atomic mass is 16.3. The number of hydrogen-bond donors (Lipinski definition) is 4. The number of hydrogen-bond acceptors (Lipinski definition) is 5. The topological polar surface area (TPSA) is 111 Å². The molecule has 2 aliphatic rings. The lowest BCUT2D eigenvalue weighted by atomic mass is 9.87. The number of phenols is 1.